The van der Waals surface area contributed by atoms with E-state index in [1.165, 1.54) is 0 Å². The van der Waals surface area contributed by atoms with Gasteiger partial charge in [-0.05, 0) is 24.0 Å². The molecule has 2 aromatic rings. The first kappa shape index (κ1) is 14.6. The Balaban J connectivity index is 2.27. The van der Waals surface area contributed by atoms with Crippen molar-refractivity contribution in [3.05, 3.63) is 71.8 Å². The normalized spacial score (nSPS) is 12.4. The lowest BCUT2D eigenvalue weighted by Crippen LogP contribution is -2.56. The minimum Gasteiger partial charge on any atom is -0.317 e. The second-order valence-electron chi connectivity index (χ2n) is 4.98. The molecule has 0 radical (unpaired) electrons. The zero-order chi connectivity index (χ0) is 14.6. The fourth-order valence-electron chi connectivity index (χ4n) is 2.18. The molecule has 0 fully saturated rings. The van der Waals surface area contributed by atoms with Crippen LogP contribution < -0.4 is 5.73 Å². The number of alkyl halides is 3. The average Bonchev–Trinajstić information content (AvgIpc) is 2.39. The van der Waals surface area contributed by atoms with Crippen LogP contribution in [0.15, 0.2) is 60.7 Å². The third-order valence-electron chi connectivity index (χ3n) is 3.29. The van der Waals surface area contributed by atoms with Gasteiger partial charge in [-0.3, -0.25) is 0 Å². The van der Waals surface area contributed by atoms with Crippen molar-refractivity contribution in [2.45, 2.75) is 24.6 Å². The van der Waals surface area contributed by atoms with Crippen molar-refractivity contribution in [2.24, 2.45) is 5.73 Å². The molecule has 0 unspecified atom stereocenters. The summed E-state index contributed by atoms with van der Waals surface area (Å²) in [6, 6.07) is 17.1. The van der Waals surface area contributed by atoms with Gasteiger partial charge in [0.05, 0.1) is 0 Å². The largest absolute Gasteiger partial charge is 0.407 e. The van der Waals surface area contributed by atoms with E-state index >= 15 is 0 Å². The van der Waals surface area contributed by atoms with E-state index in [0.717, 1.165) is 0 Å². The van der Waals surface area contributed by atoms with Crippen LogP contribution in [0.2, 0.25) is 0 Å². The SMILES string of the molecule is NC(Cc1ccccc1)(Cc1ccccc1)C(F)(F)F. The third-order valence-corrected chi connectivity index (χ3v) is 3.29. The monoisotopic (exact) mass is 279 g/mol. The standard InChI is InChI=1S/C16H16F3N/c17-16(18,19)15(20,11-13-7-3-1-4-8-13)12-14-9-5-2-6-10-14/h1-10H,11-12,20H2. The predicted molar refractivity (Wildman–Crippen MR) is 73.3 cm³/mol. The van der Waals surface area contributed by atoms with Gasteiger partial charge in [-0.1, -0.05) is 60.7 Å². The van der Waals surface area contributed by atoms with Crippen LogP contribution in [-0.2, 0) is 12.8 Å². The number of benzene rings is 2. The Hall–Kier alpha value is -1.81. The Bertz CT molecular complexity index is 493. The minimum atomic E-state index is -4.46. The summed E-state index contributed by atoms with van der Waals surface area (Å²) in [5.41, 5.74) is 4.63. The molecule has 106 valence electrons. The molecule has 0 aliphatic carbocycles. The van der Waals surface area contributed by atoms with Crippen molar-refractivity contribution in [3.8, 4) is 0 Å². The Morgan fingerprint density at radius 3 is 1.35 bits per heavy atom. The highest BCUT2D eigenvalue weighted by Gasteiger charge is 2.51. The Kier molecular flexibility index (Phi) is 4.14. The summed E-state index contributed by atoms with van der Waals surface area (Å²) in [5, 5.41) is 0. The molecule has 2 N–H and O–H groups in total. The number of halogens is 3. The van der Waals surface area contributed by atoms with Gasteiger partial charge in [-0.25, -0.2) is 0 Å². The fraction of sp³-hybridized carbons (Fsp3) is 0.250. The number of nitrogens with two attached hydrogens (primary N) is 1. The number of rotatable bonds is 4. The molecule has 4 heteroatoms. The van der Waals surface area contributed by atoms with Gasteiger partial charge in [-0.2, -0.15) is 13.2 Å². The van der Waals surface area contributed by atoms with Gasteiger partial charge in [0.1, 0.15) is 5.54 Å². The Labute approximate surface area is 116 Å². The lowest BCUT2D eigenvalue weighted by atomic mass is 9.85. The molecule has 0 heterocycles. The molecule has 0 aliphatic heterocycles. The molecular formula is C16H16F3N. The lowest BCUT2D eigenvalue weighted by molar-refractivity contribution is -0.185. The van der Waals surface area contributed by atoms with Gasteiger partial charge < -0.3 is 5.73 Å². The molecule has 2 aromatic carbocycles. The first-order valence-electron chi connectivity index (χ1n) is 6.34. The van der Waals surface area contributed by atoms with Gasteiger partial charge in [-0.15, -0.1) is 0 Å². The van der Waals surface area contributed by atoms with Crippen LogP contribution in [0.25, 0.3) is 0 Å². The van der Waals surface area contributed by atoms with E-state index < -0.39 is 11.7 Å². The summed E-state index contributed by atoms with van der Waals surface area (Å²) in [6.07, 6.45) is -4.92. The lowest BCUT2D eigenvalue weighted by Gasteiger charge is -2.32. The third kappa shape index (κ3) is 3.39. The second-order valence-corrected chi connectivity index (χ2v) is 4.98. The minimum absolute atomic E-state index is 0.230. The van der Waals surface area contributed by atoms with E-state index in [1.807, 2.05) is 0 Å². The van der Waals surface area contributed by atoms with Crippen LogP contribution in [-0.4, -0.2) is 11.7 Å². The highest BCUT2D eigenvalue weighted by atomic mass is 19.4. The van der Waals surface area contributed by atoms with Gasteiger partial charge in [0.2, 0.25) is 0 Å². The molecular weight excluding hydrogens is 263 g/mol. The van der Waals surface area contributed by atoms with Crippen molar-refractivity contribution in [2.75, 3.05) is 0 Å². The number of hydrogen-bond acceptors (Lipinski definition) is 1. The number of hydrogen-bond donors (Lipinski definition) is 1. The zero-order valence-corrected chi connectivity index (χ0v) is 10.9. The molecule has 0 aliphatic rings. The molecule has 0 atom stereocenters. The van der Waals surface area contributed by atoms with Crippen molar-refractivity contribution in [1.82, 2.24) is 0 Å². The maximum atomic E-state index is 13.4. The maximum absolute atomic E-state index is 13.4. The van der Waals surface area contributed by atoms with E-state index in [1.54, 1.807) is 60.7 Å². The van der Waals surface area contributed by atoms with Gasteiger partial charge in [0, 0.05) is 0 Å². The van der Waals surface area contributed by atoms with E-state index in [0.29, 0.717) is 11.1 Å². The van der Waals surface area contributed by atoms with E-state index in [-0.39, 0.29) is 12.8 Å². The molecule has 0 saturated carbocycles. The van der Waals surface area contributed by atoms with Crippen LogP contribution >= 0.6 is 0 Å². The van der Waals surface area contributed by atoms with Gasteiger partial charge in [0.25, 0.3) is 0 Å². The summed E-state index contributed by atoms with van der Waals surface area (Å²) >= 11 is 0. The van der Waals surface area contributed by atoms with E-state index in [2.05, 4.69) is 0 Å². The first-order chi connectivity index (χ1) is 9.41. The van der Waals surface area contributed by atoms with Crippen LogP contribution in [0.4, 0.5) is 13.2 Å². The maximum Gasteiger partial charge on any atom is 0.407 e. The highest BCUT2D eigenvalue weighted by molar-refractivity contribution is 5.23. The molecule has 0 saturated heterocycles. The molecule has 20 heavy (non-hydrogen) atoms. The Morgan fingerprint density at radius 2 is 1.05 bits per heavy atom. The molecule has 1 nitrogen and oxygen atoms in total. The van der Waals surface area contributed by atoms with E-state index in [9.17, 15) is 13.2 Å². The molecule has 0 amide bonds. The van der Waals surface area contributed by atoms with Crippen molar-refractivity contribution >= 4 is 0 Å². The topological polar surface area (TPSA) is 26.0 Å². The van der Waals surface area contributed by atoms with Gasteiger partial charge >= 0.3 is 6.18 Å². The van der Waals surface area contributed by atoms with Gasteiger partial charge in [0.15, 0.2) is 0 Å². The van der Waals surface area contributed by atoms with Crippen molar-refractivity contribution < 1.29 is 13.2 Å². The predicted octanol–water partition coefficient (Wildman–Crippen LogP) is 3.73. The highest BCUT2D eigenvalue weighted by Crippen LogP contribution is 2.34. The molecule has 0 bridgehead atoms. The second kappa shape index (κ2) is 5.67. The van der Waals surface area contributed by atoms with E-state index in [4.69, 9.17) is 5.73 Å². The smallest absolute Gasteiger partial charge is 0.317 e. The fourth-order valence-corrected chi connectivity index (χ4v) is 2.18. The Morgan fingerprint density at radius 1 is 0.700 bits per heavy atom. The van der Waals surface area contributed by atoms with Crippen molar-refractivity contribution in [1.29, 1.82) is 0 Å². The van der Waals surface area contributed by atoms with Crippen LogP contribution in [0.5, 0.6) is 0 Å². The zero-order valence-electron chi connectivity index (χ0n) is 10.9. The van der Waals surface area contributed by atoms with Crippen LogP contribution in [0.3, 0.4) is 0 Å². The molecule has 0 spiro atoms. The van der Waals surface area contributed by atoms with Crippen LogP contribution in [0.1, 0.15) is 11.1 Å². The quantitative estimate of drug-likeness (QED) is 0.906. The summed E-state index contributed by atoms with van der Waals surface area (Å²) < 4.78 is 40.1. The average molecular weight is 279 g/mol. The first-order valence-corrected chi connectivity index (χ1v) is 6.34. The van der Waals surface area contributed by atoms with Crippen LogP contribution in [0, 0.1) is 0 Å². The van der Waals surface area contributed by atoms with Crippen molar-refractivity contribution in [3.63, 3.8) is 0 Å². The molecule has 0 aromatic heterocycles. The summed E-state index contributed by atoms with van der Waals surface area (Å²) in [4.78, 5) is 0. The summed E-state index contributed by atoms with van der Waals surface area (Å²) in [5.74, 6) is 0. The molecule has 2 rings (SSSR count). The summed E-state index contributed by atoms with van der Waals surface area (Å²) in [6.45, 7) is 0. The summed E-state index contributed by atoms with van der Waals surface area (Å²) in [7, 11) is 0.